The average molecular weight is 417 g/mol. The molecule has 3 heterocycles. The molecule has 146 valence electrons. The molecule has 3 aliphatic rings. The largest absolute Gasteiger partial charge is 0.481 e. The van der Waals surface area contributed by atoms with Crippen molar-refractivity contribution < 1.29 is 4.74 Å². The minimum absolute atomic E-state index is 0.00975. The number of benzene rings is 3. The molecule has 0 saturated heterocycles. The fraction of sp³-hybridized carbons (Fsp3) is 0.0769. The van der Waals surface area contributed by atoms with E-state index in [0.29, 0.717) is 0 Å². The van der Waals surface area contributed by atoms with Crippen LogP contribution in [0.5, 0.6) is 5.75 Å². The second-order valence-electron chi connectivity index (χ2n) is 8.23. The summed E-state index contributed by atoms with van der Waals surface area (Å²) in [7, 11) is 0. The van der Waals surface area contributed by atoms with Gasteiger partial charge in [-0.15, -0.1) is 11.3 Å². The smallest absolute Gasteiger partial charge is 0.144 e. The fourth-order valence-corrected chi connectivity index (χ4v) is 6.27. The number of allylic oxidation sites excluding steroid dienone is 1. The summed E-state index contributed by atoms with van der Waals surface area (Å²) >= 11 is 1.65. The Labute approximate surface area is 181 Å². The van der Waals surface area contributed by atoms with Crippen molar-refractivity contribution in [1.29, 1.82) is 0 Å². The summed E-state index contributed by atoms with van der Waals surface area (Å²) in [6, 6.07) is 11.0. The molecule has 8 rings (SSSR count). The predicted molar refractivity (Wildman–Crippen MR) is 127 cm³/mol. The van der Waals surface area contributed by atoms with Crippen LogP contribution >= 0.6 is 11.3 Å². The third kappa shape index (κ3) is 1.95. The standard InChI is InChI=1S/C26H15N3OS/c1-2-13-5-8-18-23-20(13)15(3-1)22-16(29-26-25-17(12-31-26)27-10-11-28-25)7-4-14-6-9-19(30-18)24(23)21(14)22/h1-3,5-12,18,29H,4H2. The minimum atomic E-state index is 0.00975. The number of fused-ring (bicyclic) bond motifs is 2. The van der Waals surface area contributed by atoms with Crippen LogP contribution in [-0.2, 0) is 6.42 Å². The molecule has 0 fully saturated rings. The molecule has 2 aliphatic carbocycles. The Morgan fingerprint density at radius 3 is 3.00 bits per heavy atom. The van der Waals surface area contributed by atoms with Crippen LogP contribution in [0, 0.1) is 0 Å². The Morgan fingerprint density at radius 2 is 2.00 bits per heavy atom. The topological polar surface area (TPSA) is 47.0 Å². The van der Waals surface area contributed by atoms with Gasteiger partial charge in [0.05, 0.1) is 0 Å². The highest BCUT2D eigenvalue weighted by Crippen LogP contribution is 2.53. The quantitative estimate of drug-likeness (QED) is 0.335. The van der Waals surface area contributed by atoms with Crippen molar-refractivity contribution in [2.45, 2.75) is 12.5 Å². The van der Waals surface area contributed by atoms with Gasteiger partial charge in [-0.2, -0.15) is 0 Å². The lowest BCUT2D eigenvalue weighted by atomic mass is 9.81. The van der Waals surface area contributed by atoms with E-state index >= 15 is 0 Å². The summed E-state index contributed by atoms with van der Waals surface area (Å²) in [5, 5.41) is 12.0. The number of hydrogen-bond acceptors (Lipinski definition) is 5. The van der Waals surface area contributed by atoms with Crippen LogP contribution in [0.4, 0.5) is 5.00 Å². The average Bonchev–Trinajstić information content (AvgIpc) is 3.40. The first kappa shape index (κ1) is 16.1. The number of hydrogen-bond donors (Lipinski definition) is 1. The van der Waals surface area contributed by atoms with Gasteiger partial charge in [0, 0.05) is 40.0 Å². The first-order chi connectivity index (χ1) is 15.4. The van der Waals surface area contributed by atoms with Crippen molar-refractivity contribution in [1.82, 2.24) is 9.97 Å². The van der Waals surface area contributed by atoms with Gasteiger partial charge in [0.25, 0.3) is 0 Å². The highest BCUT2D eigenvalue weighted by molar-refractivity contribution is 7.16. The van der Waals surface area contributed by atoms with Crippen LogP contribution in [0.25, 0.3) is 44.4 Å². The molecule has 1 N–H and O–H groups in total. The normalized spacial score (nSPS) is 17.5. The van der Waals surface area contributed by atoms with Crippen LogP contribution in [0.2, 0.25) is 0 Å². The zero-order valence-electron chi connectivity index (χ0n) is 16.3. The van der Waals surface area contributed by atoms with Crippen molar-refractivity contribution >= 4 is 60.7 Å². The molecule has 1 aliphatic heterocycles. The molecule has 5 heteroatoms. The lowest BCUT2D eigenvalue weighted by Crippen LogP contribution is -2.08. The Bertz CT molecular complexity index is 1680. The number of nitrogens with one attached hydrogen (secondary N) is 1. The molecule has 2 aromatic heterocycles. The van der Waals surface area contributed by atoms with Gasteiger partial charge < -0.3 is 10.1 Å². The van der Waals surface area contributed by atoms with E-state index < -0.39 is 0 Å². The van der Waals surface area contributed by atoms with Crippen LogP contribution in [0.3, 0.4) is 0 Å². The van der Waals surface area contributed by atoms with Gasteiger partial charge in [0.1, 0.15) is 27.9 Å². The maximum atomic E-state index is 6.36. The molecule has 1 unspecified atom stereocenters. The van der Waals surface area contributed by atoms with Gasteiger partial charge in [0.2, 0.25) is 0 Å². The summed E-state index contributed by atoms with van der Waals surface area (Å²) in [6.45, 7) is 0. The number of ether oxygens (including phenoxy) is 1. The van der Waals surface area contributed by atoms with Crippen molar-refractivity contribution in [3.63, 3.8) is 0 Å². The van der Waals surface area contributed by atoms with E-state index in [1.54, 1.807) is 23.7 Å². The third-order valence-corrected chi connectivity index (χ3v) is 7.54. The second-order valence-corrected chi connectivity index (χ2v) is 9.11. The van der Waals surface area contributed by atoms with Crippen molar-refractivity contribution in [2.24, 2.45) is 0 Å². The minimum Gasteiger partial charge on any atom is -0.481 e. The first-order valence-corrected chi connectivity index (χ1v) is 11.3. The van der Waals surface area contributed by atoms with E-state index in [1.807, 2.05) is 0 Å². The molecule has 0 radical (unpaired) electrons. The summed E-state index contributed by atoms with van der Waals surface area (Å²) in [5.41, 5.74) is 8.21. The van der Waals surface area contributed by atoms with Crippen molar-refractivity contribution in [2.75, 3.05) is 5.32 Å². The number of aromatic nitrogens is 2. The third-order valence-electron chi connectivity index (χ3n) is 6.67. The molecular formula is C26H15N3OS. The van der Waals surface area contributed by atoms with E-state index in [9.17, 15) is 0 Å². The fourth-order valence-electron chi connectivity index (χ4n) is 5.43. The zero-order chi connectivity index (χ0) is 20.1. The van der Waals surface area contributed by atoms with Gasteiger partial charge in [-0.05, 0) is 45.8 Å². The summed E-state index contributed by atoms with van der Waals surface area (Å²) in [4.78, 5) is 9.01. The van der Waals surface area contributed by atoms with E-state index in [4.69, 9.17) is 4.74 Å². The lowest BCUT2D eigenvalue weighted by molar-refractivity contribution is 0.277. The van der Waals surface area contributed by atoms with Crippen molar-refractivity contribution in [3.05, 3.63) is 82.5 Å². The predicted octanol–water partition coefficient (Wildman–Crippen LogP) is 6.47. The second kappa shape index (κ2) is 5.50. The first-order valence-electron chi connectivity index (χ1n) is 10.4. The molecule has 31 heavy (non-hydrogen) atoms. The molecule has 0 spiro atoms. The Morgan fingerprint density at radius 1 is 1.03 bits per heavy atom. The molecule has 0 saturated carbocycles. The SMILES string of the molecule is C1=CC2Oc3ccc4c5c(c6cccc1c6c2c35)C(Nc1scc2nccnc12)=CC4. The van der Waals surface area contributed by atoms with Gasteiger partial charge >= 0.3 is 0 Å². The van der Waals surface area contributed by atoms with Gasteiger partial charge in [0.15, 0.2) is 0 Å². The molecule has 1 atom stereocenters. The Balaban J connectivity index is 1.46. The molecule has 0 bridgehead atoms. The van der Waals surface area contributed by atoms with E-state index in [-0.39, 0.29) is 6.10 Å². The van der Waals surface area contributed by atoms with Crippen LogP contribution in [0.1, 0.15) is 28.4 Å². The van der Waals surface area contributed by atoms with Crippen LogP contribution < -0.4 is 10.1 Å². The van der Waals surface area contributed by atoms with Crippen LogP contribution in [-0.4, -0.2) is 9.97 Å². The highest BCUT2D eigenvalue weighted by atomic mass is 32.1. The summed E-state index contributed by atoms with van der Waals surface area (Å²) in [6.07, 6.45) is 11.1. The maximum absolute atomic E-state index is 6.36. The van der Waals surface area contributed by atoms with E-state index in [0.717, 1.165) is 33.9 Å². The maximum Gasteiger partial charge on any atom is 0.144 e. The summed E-state index contributed by atoms with van der Waals surface area (Å²) in [5.74, 6) is 0.997. The zero-order valence-corrected chi connectivity index (χ0v) is 17.2. The Kier molecular flexibility index (Phi) is 2.85. The number of thiophene rings is 1. The molecular weight excluding hydrogens is 402 g/mol. The molecule has 5 aromatic rings. The molecule has 4 nitrogen and oxygen atoms in total. The molecule has 3 aromatic carbocycles. The van der Waals surface area contributed by atoms with Gasteiger partial charge in [-0.3, -0.25) is 4.98 Å². The number of nitrogens with zero attached hydrogens (tertiary/aromatic N) is 2. The van der Waals surface area contributed by atoms with Gasteiger partial charge in [-0.1, -0.05) is 36.4 Å². The lowest BCUT2D eigenvalue weighted by Gasteiger charge is -2.24. The van der Waals surface area contributed by atoms with Crippen LogP contribution in [0.15, 0.2) is 60.3 Å². The highest BCUT2D eigenvalue weighted by Gasteiger charge is 2.34. The summed E-state index contributed by atoms with van der Waals surface area (Å²) < 4.78 is 6.36. The monoisotopic (exact) mass is 417 g/mol. The van der Waals surface area contributed by atoms with Crippen molar-refractivity contribution in [3.8, 4) is 5.75 Å². The molecule has 0 amide bonds. The van der Waals surface area contributed by atoms with Gasteiger partial charge in [-0.25, -0.2) is 4.98 Å². The number of rotatable bonds is 2. The van der Waals surface area contributed by atoms with E-state index in [2.05, 4.69) is 69.2 Å². The number of anilines is 1. The van der Waals surface area contributed by atoms with E-state index in [1.165, 1.54) is 43.8 Å². The Hall–Kier alpha value is -3.70.